The molecule has 3 rings (SSSR count). The molecule has 0 aliphatic rings. The molecular weight excluding hydrogens is 485 g/mol. The summed E-state index contributed by atoms with van der Waals surface area (Å²) in [5.74, 6) is 10.5. The largest absolute Gasteiger partial charge is 0.416 e. The Morgan fingerprint density at radius 2 is 1.92 bits per heavy atom. The number of aromatic nitrogens is 3. The highest BCUT2D eigenvalue weighted by molar-refractivity contribution is 6.16. The molecule has 0 spiro atoms. The van der Waals surface area contributed by atoms with Crippen molar-refractivity contribution in [3.8, 4) is 11.8 Å². The number of benzene rings is 1. The Labute approximate surface area is 211 Å². The van der Waals surface area contributed by atoms with Gasteiger partial charge in [-0.05, 0) is 42.3 Å². The number of nitrogens with zero attached hydrogens (tertiary/aromatic N) is 4. The summed E-state index contributed by atoms with van der Waals surface area (Å²) in [6.07, 6.45) is 6.00. The molecule has 0 aliphatic heterocycles. The van der Waals surface area contributed by atoms with E-state index < -0.39 is 17.6 Å². The molecule has 1 aromatic carbocycles. The van der Waals surface area contributed by atoms with E-state index in [4.69, 9.17) is 11.3 Å². The van der Waals surface area contributed by atoms with E-state index in [0.717, 1.165) is 30.8 Å². The fraction of sp³-hybridized carbons (Fsp3) is 0.120. The number of hydrazone groups is 1. The van der Waals surface area contributed by atoms with Gasteiger partial charge in [0.05, 0.1) is 29.2 Å². The van der Waals surface area contributed by atoms with Crippen LogP contribution in [-0.4, -0.2) is 39.5 Å². The van der Waals surface area contributed by atoms with E-state index in [-0.39, 0.29) is 16.9 Å². The van der Waals surface area contributed by atoms with E-state index in [9.17, 15) is 18.0 Å². The number of H-pyrrole nitrogens is 1. The number of alkyl halides is 3. The number of halogens is 3. The molecule has 190 valence electrons. The number of hydrogen-bond donors (Lipinski definition) is 4. The molecule has 0 fully saturated rings. The average Bonchev–Trinajstić information content (AvgIpc) is 3.35. The number of aromatic amines is 1. The van der Waals surface area contributed by atoms with Gasteiger partial charge < -0.3 is 21.6 Å². The smallest absolute Gasteiger partial charge is 0.332 e. The molecule has 3 aromatic rings. The SMILES string of the molecule is CC.N=C/C=C\c1ncc(C#Cc2cncc(C(=O)Nc3cc(N=C/C=N\N)cc(C(F)(F)F)c3)c2)[nH]1. The second kappa shape index (κ2) is 13.7. The lowest BCUT2D eigenvalue weighted by Gasteiger charge is -2.11. The first kappa shape index (κ1) is 28.2. The van der Waals surface area contributed by atoms with Crippen molar-refractivity contribution < 1.29 is 18.0 Å². The van der Waals surface area contributed by atoms with Crippen molar-refractivity contribution in [3.05, 3.63) is 77.1 Å². The number of carbonyl (C=O) groups is 1. The summed E-state index contributed by atoms with van der Waals surface area (Å²) in [5.41, 5.74) is -0.156. The average molecular weight is 509 g/mol. The van der Waals surface area contributed by atoms with Crippen LogP contribution in [0.25, 0.3) is 6.08 Å². The second-order valence-electron chi connectivity index (χ2n) is 6.72. The molecule has 0 aliphatic carbocycles. The van der Waals surface area contributed by atoms with Crippen LogP contribution < -0.4 is 11.2 Å². The minimum absolute atomic E-state index is 0.0536. The predicted molar refractivity (Wildman–Crippen MR) is 138 cm³/mol. The van der Waals surface area contributed by atoms with Crippen LogP contribution >= 0.6 is 0 Å². The van der Waals surface area contributed by atoms with E-state index in [1.807, 2.05) is 13.8 Å². The number of nitrogens with two attached hydrogens (primary N) is 1. The normalized spacial score (nSPS) is 11.2. The Bertz CT molecular complexity index is 1380. The number of amides is 1. The van der Waals surface area contributed by atoms with Crippen LogP contribution in [0.2, 0.25) is 0 Å². The number of nitrogens with one attached hydrogen (secondary N) is 3. The maximum absolute atomic E-state index is 13.3. The Hall–Kier alpha value is -5.05. The van der Waals surface area contributed by atoms with E-state index >= 15 is 0 Å². The molecule has 12 heteroatoms. The third-order valence-corrected chi connectivity index (χ3v) is 4.17. The van der Waals surface area contributed by atoms with Crippen molar-refractivity contribution in [2.45, 2.75) is 20.0 Å². The highest BCUT2D eigenvalue weighted by atomic mass is 19.4. The number of hydrogen-bond acceptors (Lipinski definition) is 7. The monoisotopic (exact) mass is 508 g/mol. The Morgan fingerprint density at radius 1 is 1.14 bits per heavy atom. The minimum Gasteiger partial charge on any atom is -0.332 e. The highest BCUT2D eigenvalue weighted by Gasteiger charge is 2.31. The highest BCUT2D eigenvalue weighted by Crippen LogP contribution is 2.34. The van der Waals surface area contributed by atoms with Gasteiger partial charge in [-0.25, -0.2) is 4.98 Å². The van der Waals surface area contributed by atoms with E-state index in [0.29, 0.717) is 17.1 Å². The van der Waals surface area contributed by atoms with Crippen molar-refractivity contribution >= 4 is 42.0 Å². The summed E-state index contributed by atoms with van der Waals surface area (Å²) in [7, 11) is 0. The van der Waals surface area contributed by atoms with Crippen LogP contribution in [-0.2, 0) is 6.18 Å². The summed E-state index contributed by atoms with van der Waals surface area (Å²) >= 11 is 0. The van der Waals surface area contributed by atoms with Gasteiger partial charge in [-0.1, -0.05) is 19.8 Å². The molecule has 0 bridgehead atoms. The number of carbonyl (C=O) groups excluding carboxylic acids is 1. The molecular formula is C25H23F3N8O. The van der Waals surface area contributed by atoms with Gasteiger partial charge in [-0.3, -0.25) is 14.8 Å². The molecule has 0 saturated carbocycles. The van der Waals surface area contributed by atoms with Crippen LogP contribution in [0, 0.1) is 17.3 Å². The third-order valence-electron chi connectivity index (χ3n) is 4.17. The standard InChI is InChI=1S/C23H17F3N8O.C2H6/c24-23(25,26)17-9-19(30-6-7-32-28)11-20(10-17)34-22(35)16-8-15(12-29-13-16)3-4-18-14-31-21(33-18)2-1-5-27;1-2/h1-2,5-14,27H,28H2,(H,31,33)(H,34,35);1-2H3/b2-1-,27-5?,30-6?,32-7-;. The summed E-state index contributed by atoms with van der Waals surface area (Å²) in [6, 6.07) is 4.35. The molecule has 0 unspecified atom stereocenters. The van der Waals surface area contributed by atoms with Gasteiger partial charge in [0.25, 0.3) is 5.91 Å². The molecule has 0 radical (unpaired) electrons. The maximum Gasteiger partial charge on any atom is 0.416 e. The van der Waals surface area contributed by atoms with Crippen LogP contribution in [0.1, 0.15) is 46.9 Å². The van der Waals surface area contributed by atoms with Crippen LogP contribution in [0.4, 0.5) is 24.5 Å². The number of aliphatic imine (C=N–C) groups is 1. The van der Waals surface area contributed by atoms with E-state index in [2.05, 4.69) is 42.2 Å². The molecule has 37 heavy (non-hydrogen) atoms. The predicted octanol–water partition coefficient (Wildman–Crippen LogP) is 4.81. The summed E-state index contributed by atoms with van der Waals surface area (Å²) in [4.78, 5) is 27.5. The third kappa shape index (κ3) is 8.91. The number of rotatable bonds is 6. The Kier molecular flexibility index (Phi) is 10.5. The number of allylic oxidation sites excluding steroid dienone is 1. The fourth-order valence-electron chi connectivity index (χ4n) is 2.68. The zero-order valence-electron chi connectivity index (χ0n) is 19.8. The Morgan fingerprint density at radius 3 is 2.62 bits per heavy atom. The number of anilines is 1. The number of imidazole rings is 1. The molecule has 1 amide bonds. The topological polar surface area (TPSA) is 145 Å². The van der Waals surface area contributed by atoms with Crippen molar-refractivity contribution in [1.82, 2.24) is 15.0 Å². The van der Waals surface area contributed by atoms with Crippen molar-refractivity contribution in [2.75, 3.05) is 5.32 Å². The van der Waals surface area contributed by atoms with Gasteiger partial charge in [0.1, 0.15) is 11.5 Å². The zero-order chi connectivity index (χ0) is 27.3. The van der Waals surface area contributed by atoms with Gasteiger partial charge in [-0.15, -0.1) is 0 Å². The lowest BCUT2D eigenvalue weighted by Crippen LogP contribution is -2.13. The van der Waals surface area contributed by atoms with Gasteiger partial charge in [-0.2, -0.15) is 18.3 Å². The fourth-order valence-corrected chi connectivity index (χ4v) is 2.68. The first-order valence-corrected chi connectivity index (χ1v) is 10.8. The summed E-state index contributed by atoms with van der Waals surface area (Å²) in [5, 5.41) is 12.6. The zero-order valence-corrected chi connectivity index (χ0v) is 19.8. The molecule has 2 aromatic heterocycles. The van der Waals surface area contributed by atoms with E-state index in [1.54, 1.807) is 6.08 Å². The molecule has 2 heterocycles. The molecule has 0 saturated heterocycles. The maximum atomic E-state index is 13.3. The first-order chi connectivity index (χ1) is 17.8. The minimum atomic E-state index is -4.65. The van der Waals surface area contributed by atoms with Gasteiger partial charge in [0.15, 0.2) is 0 Å². The van der Waals surface area contributed by atoms with E-state index in [1.165, 1.54) is 36.8 Å². The van der Waals surface area contributed by atoms with Crippen LogP contribution in [0.3, 0.4) is 0 Å². The van der Waals surface area contributed by atoms with Crippen molar-refractivity contribution in [2.24, 2.45) is 15.9 Å². The lowest BCUT2D eigenvalue weighted by molar-refractivity contribution is -0.137. The lowest BCUT2D eigenvalue weighted by atomic mass is 10.1. The van der Waals surface area contributed by atoms with Crippen LogP contribution in [0.5, 0.6) is 0 Å². The number of pyridine rings is 1. The van der Waals surface area contributed by atoms with Gasteiger partial charge >= 0.3 is 6.18 Å². The van der Waals surface area contributed by atoms with Gasteiger partial charge in [0.2, 0.25) is 0 Å². The summed E-state index contributed by atoms with van der Waals surface area (Å²) in [6.45, 7) is 4.00. The van der Waals surface area contributed by atoms with Gasteiger partial charge in [0, 0.05) is 36.1 Å². The molecule has 5 N–H and O–H groups in total. The van der Waals surface area contributed by atoms with Crippen molar-refractivity contribution in [3.63, 3.8) is 0 Å². The second-order valence-corrected chi connectivity index (χ2v) is 6.72. The summed E-state index contributed by atoms with van der Waals surface area (Å²) < 4.78 is 39.8. The molecule has 9 nitrogen and oxygen atoms in total. The van der Waals surface area contributed by atoms with Crippen LogP contribution in [0.15, 0.2) is 59.0 Å². The quantitative estimate of drug-likeness (QED) is 0.164. The first-order valence-electron chi connectivity index (χ1n) is 10.8. The Balaban J connectivity index is 0.00000235. The van der Waals surface area contributed by atoms with Crippen molar-refractivity contribution in [1.29, 1.82) is 5.41 Å². The molecule has 0 atom stereocenters.